The minimum Gasteiger partial charge on any atom is -0.347 e. The molecule has 1 amide bonds. The highest BCUT2D eigenvalue weighted by Gasteiger charge is 2.17. The van der Waals surface area contributed by atoms with Gasteiger partial charge in [-0.25, -0.2) is 0 Å². The van der Waals surface area contributed by atoms with Gasteiger partial charge in [-0.2, -0.15) is 5.26 Å². The van der Waals surface area contributed by atoms with Gasteiger partial charge in [0.15, 0.2) is 0 Å². The summed E-state index contributed by atoms with van der Waals surface area (Å²) in [6.07, 6.45) is 5.12. The van der Waals surface area contributed by atoms with Crippen LogP contribution in [0.15, 0.2) is 29.8 Å². The highest BCUT2D eigenvalue weighted by atomic mass is 32.1. The zero-order chi connectivity index (χ0) is 17.6. The van der Waals surface area contributed by atoms with Crippen molar-refractivity contribution in [3.8, 4) is 6.07 Å². The van der Waals surface area contributed by atoms with Gasteiger partial charge in [0.2, 0.25) is 10.3 Å². The molecule has 1 N–H and O–H groups in total. The van der Waals surface area contributed by atoms with Crippen LogP contribution < -0.4 is 10.2 Å². The van der Waals surface area contributed by atoms with Crippen molar-refractivity contribution in [2.45, 2.75) is 26.2 Å². The molecule has 6 nitrogen and oxygen atoms in total. The van der Waals surface area contributed by atoms with Crippen LogP contribution in [0.3, 0.4) is 0 Å². The molecule has 1 aromatic heterocycles. The maximum Gasteiger partial charge on any atom is 0.268 e. The lowest BCUT2D eigenvalue weighted by Crippen LogP contribution is -2.29. The van der Waals surface area contributed by atoms with E-state index in [9.17, 15) is 10.1 Å². The summed E-state index contributed by atoms with van der Waals surface area (Å²) >= 11 is 1.34. The van der Waals surface area contributed by atoms with Crippen molar-refractivity contribution < 1.29 is 4.79 Å². The minimum atomic E-state index is -0.468. The molecular formula is C18H19N5OS. The van der Waals surface area contributed by atoms with Gasteiger partial charge in [0.25, 0.3) is 5.91 Å². The smallest absolute Gasteiger partial charge is 0.268 e. The van der Waals surface area contributed by atoms with Crippen LogP contribution in [0.4, 0.5) is 10.3 Å². The molecule has 0 aliphatic carbocycles. The molecule has 0 atom stereocenters. The van der Waals surface area contributed by atoms with Crippen molar-refractivity contribution in [3.63, 3.8) is 0 Å². The Morgan fingerprint density at radius 3 is 2.64 bits per heavy atom. The number of rotatable bonds is 4. The molecule has 2 aromatic rings. The van der Waals surface area contributed by atoms with Crippen molar-refractivity contribution in [1.29, 1.82) is 5.26 Å². The summed E-state index contributed by atoms with van der Waals surface area (Å²) in [6.45, 7) is 3.93. The second kappa shape index (κ2) is 7.90. The molecule has 0 bridgehead atoms. The second-order valence-electron chi connectivity index (χ2n) is 5.97. The molecule has 1 aliphatic rings. The fraction of sp³-hybridized carbons (Fsp3) is 0.333. The van der Waals surface area contributed by atoms with E-state index < -0.39 is 5.91 Å². The number of hydrogen-bond donors (Lipinski definition) is 1. The molecule has 1 aliphatic heterocycles. The Kier molecular flexibility index (Phi) is 5.41. The van der Waals surface area contributed by atoms with E-state index in [1.165, 1.54) is 17.8 Å². The summed E-state index contributed by atoms with van der Waals surface area (Å²) in [5.41, 5.74) is 1.97. The largest absolute Gasteiger partial charge is 0.347 e. The molecule has 0 saturated carbocycles. The average Bonchev–Trinajstić information content (AvgIpc) is 3.10. The normalized spacial score (nSPS) is 14.9. The quantitative estimate of drug-likeness (QED) is 0.673. The molecule has 0 unspecified atom stereocenters. The molecule has 1 saturated heterocycles. The molecule has 3 rings (SSSR count). The van der Waals surface area contributed by atoms with Gasteiger partial charge >= 0.3 is 0 Å². The monoisotopic (exact) mass is 353 g/mol. The Labute approximate surface area is 150 Å². The molecule has 0 spiro atoms. The third-order valence-corrected chi connectivity index (χ3v) is 4.91. The Bertz CT molecular complexity index is 813. The van der Waals surface area contributed by atoms with Crippen molar-refractivity contribution in [1.82, 2.24) is 10.2 Å². The minimum absolute atomic E-state index is 0.0403. The van der Waals surface area contributed by atoms with E-state index in [0.29, 0.717) is 5.13 Å². The first-order valence-electron chi connectivity index (χ1n) is 8.24. The zero-order valence-electron chi connectivity index (χ0n) is 14.0. The van der Waals surface area contributed by atoms with Crippen LogP contribution in [0.25, 0.3) is 6.08 Å². The Morgan fingerprint density at radius 1 is 1.24 bits per heavy atom. The molecule has 25 heavy (non-hydrogen) atoms. The summed E-state index contributed by atoms with van der Waals surface area (Å²) in [6, 6.07) is 9.58. The lowest BCUT2D eigenvalue weighted by atomic mass is 10.1. The second-order valence-corrected chi connectivity index (χ2v) is 6.93. The molecular weight excluding hydrogens is 334 g/mol. The number of nitriles is 1. The number of hydrogen-bond acceptors (Lipinski definition) is 6. The molecule has 1 fully saturated rings. The van der Waals surface area contributed by atoms with Crippen LogP contribution >= 0.6 is 11.3 Å². The molecule has 128 valence electrons. The summed E-state index contributed by atoms with van der Waals surface area (Å²) in [5, 5.41) is 21.4. The Hall–Kier alpha value is -2.72. The van der Waals surface area contributed by atoms with Crippen LogP contribution in [0.2, 0.25) is 0 Å². The predicted octanol–water partition coefficient (Wildman–Crippen LogP) is 3.38. The van der Waals surface area contributed by atoms with Crippen molar-refractivity contribution in [2.75, 3.05) is 23.3 Å². The number of benzene rings is 1. The summed E-state index contributed by atoms with van der Waals surface area (Å²) < 4.78 is 0. The highest BCUT2D eigenvalue weighted by Crippen LogP contribution is 2.26. The fourth-order valence-electron chi connectivity index (χ4n) is 2.62. The van der Waals surface area contributed by atoms with E-state index in [1.807, 2.05) is 37.3 Å². The SMILES string of the molecule is Cc1ccc(/C=C(/C#N)C(=O)Nc2nnc(N3CCCCC3)s2)cc1. The number of aryl methyl sites for hydroxylation is 1. The third-order valence-electron chi connectivity index (χ3n) is 4.01. The van der Waals surface area contributed by atoms with Gasteiger partial charge in [0.1, 0.15) is 11.6 Å². The first kappa shape index (κ1) is 17.1. The summed E-state index contributed by atoms with van der Waals surface area (Å²) in [5.74, 6) is -0.468. The van der Waals surface area contributed by atoms with E-state index in [4.69, 9.17) is 0 Å². The number of amides is 1. The van der Waals surface area contributed by atoms with Crippen LogP contribution in [-0.2, 0) is 4.79 Å². The standard InChI is InChI=1S/C18H19N5OS/c1-13-5-7-14(8-6-13)11-15(12-19)16(24)20-17-21-22-18(25-17)23-9-3-2-4-10-23/h5-8,11H,2-4,9-10H2,1H3,(H,20,21,24)/b15-11-. The van der Waals surface area contributed by atoms with Crippen LogP contribution in [0.1, 0.15) is 30.4 Å². The van der Waals surface area contributed by atoms with E-state index in [2.05, 4.69) is 20.4 Å². The van der Waals surface area contributed by atoms with Crippen LogP contribution in [-0.4, -0.2) is 29.2 Å². The number of aromatic nitrogens is 2. The van der Waals surface area contributed by atoms with E-state index in [0.717, 1.165) is 42.2 Å². The number of nitrogens with zero attached hydrogens (tertiary/aromatic N) is 4. The molecule has 0 radical (unpaired) electrons. The number of carbonyl (C=O) groups is 1. The van der Waals surface area contributed by atoms with Crippen LogP contribution in [0.5, 0.6) is 0 Å². The number of piperidine rings is 1. The number of nitrogens with one attached hydrogen (secondary N) is 1. The molecule has 1 aromatic carbocycles. The van der Waals surface area contributed by atoms with E-state index in [-0.39, 0.29) is 5.57 Å². The highest BCUT2D eigenvalue weighted by molar-refractivity contribution is 7.19. The van der Waals surface area contributed by atoms with Crippen molar-refractivity contribution in [2.24, 2.45) is 0 Å². The first-order chi connectivity index (χ1) is 12.2. The van der Waals surface area contributed by atoms with E-state index >= 15 is 0 Å². The number of carbonyl (C=O) groups excluding carboxylic acids is 1. The first-order valence-corrected chi connectivity index (χ1v) is 9.05. The van der Waals surface area contributed by atoms with Gasteiger partial charge in [-0.1, -0.05) is 41.2 Å². The summed E-state index contributed by atoms with van der Waals surface area (Å²) in [7, 11) is 0. The van der Waals surface area contributed by atoms with E-state index in [1.54, 1.807) is 6.08 Å². The van der Waals surface area contributed by atoms with Crippen molar-refractivity contribution in [3.05, 3.63) is 41.0 Å². The summed E-state index contributed by atoms with van der Waals surface area (Å²) in [4.78, 5) is 14.5. The van der Waals surface area contributed by atoms with Gasteiger partial charge in [-0.05, 0) is 37.8 Å². The topological polar surface area (TPSA) is 81.9 Å². The lowest BCUT2D eigenvalue weighted by molar-refractivity contribution is -0.112. The van der Waals surface area contributed by atoms with Crippen molar-refractivity contribution >= 4 is 33.6 Å². The van der Waals surface area contributed by atoms with Crippen LogP contribution in [0, 0.1) is 18.3 Å². The maximum atomic E-state index is 12.3. The zero-order valence-corrected chi connectivity index (χ0v) is 14.8. The van der Waals surface area contributed by atoms with Gasteiger partial charge < -0.3 is 4.90 Å². The Balaban J connectivity index is 1.69. The predicted molar refractivity (Wildman–Crippen MR) is 99.4 cm³/mol. The Morgan fingerprint density at radius 2 is 1.96 bits per heavy atom. The molecule has 7 heteroatoms. The van der Waals surface area contributed by atoms with Gasteiger partial charge in [0, 0.05) is 13.1 Å². The molecule has 2 heterocycles. The maximum absolute atomic E-state index is 12.3. The van der Waals surface area contributed by atoms with Gasteiger partial charge in [0.05, 0.1) is 0 Å². The average molecular weight is 353 g/mol. The fourth-order valence-corrected chi connectivity index (χ4v) is 3.41. The number of anilines is 2. The van der Waals surface area contributed by atoms with Gasteiger partial charge in [-0.15, -0.1) is 10.2 Å². The van der Waals surface area contributed by atoms with Gasteiger partial charge in [-0.3, -0.25) is 10.1 Å². The third kappa shape index (κ3) is 4.43. The lowest BCUT2D eigenvalue weighted by Gasteiger charge is -2.25.